The van der Waals surface area contributed by atoms with Crippen LogP contribution >= 0.6 is 0 Å². The van der Waals surface area contributed by atoms with Crippen molar-refractivity contribution in [2.45, 2.75) is 40.2 Å². The first kappa shape index (κ1) is 20.7. The molecule has 0 aromatic carbocycles. The number of hydrogen-bond donors (Lipinski definition) is 0. The van der Waals surface area contributed by atoms with Gasteiger partial charge in [0.1, 0.15) is 11.9 Å². The number of rotatable bonds is 10. The molecule has 0 bridgehead atoms. The Balaban J connectivity index is 5.23. The van der Waals surface area contributed by atoms with Gasteiger partial charge in [0.15, 0.2) is 6.29 Å². The fourth-order valence-electron chi connectivity index (χ4n) is 1.90. The average Bonchev–Trinajstić information content (AvgIpc) is 2.56. The summed E-state index contributed by atoms with van der Waals surface area (Å²) in [4.78, 5) is 11.1. The van der Waals surface area contributed by atoms with E-state index in [4.69, 9.17) is 9.47 Å². The lowest BCUT2D eigenvalue weighted by Gasteiger charge is -2.13. The van der Waals surface area contributed by atoms with Crippen molar-refractivity contribution in [1.82, 2.24) is 0 Å². The molecular formula is C20H28O3. The highest BCUT2D eigenvalue weighted by molar-refractivity contribution is 5.78. The van der Waals surface area contributed by atoms with Gasteiger partial charge in [-0.05, 0) is 44.4 Å². The molecule has 3 heteroatoms. The Labute approximate surface area is 140 Å². The Bertz CT molecular complexity index is 521. The summed E-state index contributed by atoms with van der Waals surface area (Å²) in [6.07, 6.45) is 14.2. The Morgan fingerprint density at radius 1 is 1.26 bits per heavy atom. The standard InChI is InChI=1S/C20H28O3/c1-7-10-18(8-2)16(4)11-12-17(5)23-20(13-14-22-6)19(9-3)15-21/h7,9-15,17H,3,8H2,1-2,4-6H3/b10-7-,12-11-,14-13+,18-16+,20-19-. The highest BCUT2D eigenvalue weighted by atomic mass is 16.5. The fourth-order valence-corrected chi connectivity index (χ4v) is 1.90. The number of hydrogen-bond acceptors (Lipinski definition) is 3. The molecule has 0 aliphatic carbocycles. The summed E-state index contributed by atoms with van der Waals surface area (Å²) < 4.78 is 10.7. The van der Waals surface area contributed by atoms with Crippen molar-refractivity contribution >= 4 is 6.29 Å². The zero-order chi connectivity index (χ0) is 17.7. The maximum Gasteiger partial charge on any atom is 0.153 e. The van der Waals surface area contributed by atoms with E-state index in [1.54, 1.807) is 6.08 Å². The van der Waals surface area contributed by atoms with E-state index in [1.807, 2.05) is 32.1 Å². The molecule has 126 valence electrons. The van der Waals surface area contributed by atoms with Gasteiger partial charge in [0, 0.05) is 6.08 Å². The van der Waals surface area contributed by atoms with Crippen LogP contribution in [0.4, 0.5) is 0 Å². The van der Waals surface area contributed by atoms with Gasteiger partial charge in [0.25, 0.3) is 0 Å². The van der Waals surface area contributed by atoms with E-state index in [2.05, 4.69) is 26.5 Å². The van der Waals surface area contributed by atoms with E-state index in [9.17, 15) is 4.79 Å². The molecule has 0 aliphatic heterocycles. The van der Waals surface area contributed by atoms with Crippen molar-refractivity contribution in [3.8, 4) is 0 Å². The van der Waals surface area contributed by atoms with E-state index in [0.717, 1.165) is 6.42 Å². The van der Waals surface area contributed by atoms with Crippen LogP contribution < -0.4 is 0 Å². The number of carbonyl (C=O) groups is 1. The quantitative estimate of drug-likeness (QED) is 0.245. The summed E-state index contributed by atoms with van der Waals surface area (Å²) in [7, 11) is 1.54. The third kappa shape index (κ3) is 8.05. The molecule has 0 radical (unpaired) electrons. The van der Waals surface area contributed by atoms with E-state index < -0.39 is 0 Å². The molecule has 0 aliphatic rings. The topological polar surface area (TPSA) is 35.5 Å². The molecule has 1 unspecified atom stereocenters. The second-order valence-corrected chi connectivity index (χ2v) is 4.92. The van der Waals surface area contributed by atoms with Gasteiger partial charge in [0.05, 0.1) is 18.9 Å². The molecule has 3 nitrogen and oxygen atoms in total. The first-order valence-electron chi connectivity index (χ1n) is 7.72. The zero-order valence-corrected chi connectivity index (χ0v) is 14.8. The van der Waals surface area contributed by atoms with Gasteiger partial charge in [-0.1, -0.05) is 37.8 Å². The molecule has 0 saturated carbocycles. The Morgan fingerprint density at radius 3 is 2.43 bits per heavy atom. The highest BCUT2D eigenvalue weighted by Crippen LogP contribution is 2.15. The summed E-state index contributed by atoms with van der Waals surface area (Å²) in [5.74, 6) is 0.430. The Hall–Kier alpha value is -2.29. The molecule has 0 N–H and O–H groups in total. The smallest absolute Gasteiger partial charge is 0.153 e. The van der Waals surface area contributed by atoms with Gasteiger partial charge < -0.3 is 9.47 Å². The Morgan fingerprint density at radius 2 is 1.96 bits per heavy atom. The van der Waals surface area contributed by atoms with Crippen LogP contribution in [0.5, 0.6) is 0 Å². The van der Waals surface area contributed by atoms with Crippen molar-refractivity contribution in [2.24, 2.45) is 0 Å². The van der Waals surface area contributed by atoms with Gasteiger partial charge in [-0.25, -0.2) is 0 Å². The van der Waals surface area contributed by atoms with Crippen molar-refractivity contribution in [3.63, 3.8) is 0 Å². The fraction of sp³-hybridized carbons (Fsp3) is 0.350. The van der Waals surface area contributed by atoms with Crippen LogP contribution in [0.3, 0.4) is 0 Å². The molecule has 0 rings (SSSR count). The number of aldehydes is 1. The van der Waals surface area contributed by atoms with Crippen molar-refractivity contribution in [3.05, 3.63) is 71.8 Å². The summed E-state index contributed by atoms with van der Waals surface area (Å²) in [6, 6.07) is 0. The second-order valence-electron chi connectivity index (χ2n) is 4.92. The van der Waals surface area contributed by atoms with Crippen molar-refractivity contribution in [1.29, 1.82) is 0 Å². The molecule has 0 heterocycles. The first-order valence-corrected chi connectivity index (χ1v) is 7.72. The predicted molar refractivity (Wildman–Crippen MR) is 96.9 cm³/mol. The van der Waals surface area contributed by atoms with Crippen LogP contribution in [-0.2, 0) is 14.3 Å². The molecule has 0 spiro atoms. The lowest BCUT2D eigenvalue weighted by atomic mass is 10.1. The van der Waals surface area contributed by atoms with E-state index in [1.165, 1.54) is 30.6 Å². The largest absolute Gasteiger partial charge is 0.504 e. The summed E-state index contributed by atoms with van der Waals surface area (Å²) >= 11 is 0. The molecule has 23 heavy (non-hydrogen) atoms. The van der Waals surface area contributed by atoms with E-state index >= 15 is 0 Å². The first-order chi connectivity index (χ1) is 11.0. The summed E-state index contributed by atoms with van der Waals surface area (Å²) in [6.45, 7) is 11.7. The van der Waals surface area contributed by atoms with Crippen molar-refractivity contribution < 1.29 is 14.3 Å². The lowest BCUT2D eigenvalue weighted by molar-refractivity contribution is -0.104. The molecule has 0 aromatic heterocycles. The van der Waals surface area contributed by atoms with Gasteiger partial charge >= 0.3 is 0 Å². The number of allylic oxidation sites excluding steroid dienone is 8. The second kappa shape index (κ2) is 12.3. The van der Waals surface area contributed by atoms with Crippen LogP contribution in [-0.4, -0.2) is 19.5 Å². The normalized spacial score (nSPS) is 15.5. The minimum absolute atomic E-state index is 0.194. The average molecular weight is 316 g/mol. The molecule has 1 atom stereocenters. The van der Waals surface area contributed by atoms with Crippen LogP contribution in [0.25, 0.3) is 0 Å². The van der Waals surface area contributed by atoms with Gasteiger partial charge in [-0.3, -0.25) is 4.79 Å². The number of methoxy groups -OCH3 is 1. The van der Waals surface area contributed by atoms with Crippen LogP contribution in [0.15, 0.2) is 71.8 Å². The molecule has 0 fully saturated rings. The third-order valence-corrected chi connectivity index (χ3v) is 3.17. The SMILES string of the molecule is C=C/C(C=O)=C(\C=C\OC)OC(C)\C=C/C(C)=C(/C=C\C)CC. The molecule has 0 aromatic rings. The summed E-state index contributed by atoms with van der Waals surface area (Å²) in [5, 5.41) is 0. The van der Waals surface area contributed by atoms with Crippen LogP contribution in [0.2, 0.25) is 0 Å². The lowest BCUT2D eigenvalue weighted by Crippen LogP contribution is -2.06. The monoisotopic (exact) mass is 316 g/mol. The maximum atomic E-state index is 11.1. The minimum Gasteiger partial charge on any atom is -0.504 e. The van der Waals surface area contributed by atoms with E-state index in [0.29, 0.717) is 17.6 Å². The third-order valence-electron chi connectivity index (χ3n) is 3.17. The number of carbonyl (C=O) groups excluding carboxylic acids is 1. The predicted octanol–water partition coefficient (Wildman–Crippen LogP) is 5.05. The molecular weight excluding hydrogens is 288 g/mol. The number of ether oxygens (including phenoxy) is 2. The maximum absolute atomic E-state index is 11.1. The Kier molecular flexibility index (Phi) is 11.1. The summed E-state index contributed by atoms with van der Waals surface area (Å²) in [5.41, 5.74) is 2.86. The van der Waals surface area contributed by atoms with Crippen molar-refractivity contribution in [2.75, 3.05) is 7.11 Å². The van der Waals surface area contributed by atoms with Crippen LogP contribution in [0.1, 0.15) is 34.1 Å². The van der Waals surface area contributed by atoms with Gasteiger partial charge in [-0.15, -0.1) is 0 Å². The molecule has 0 saturated heterocycles. The zero-order valence-electron chi connectivity index (χ0n) is 14.8. The van der Waals surface area contributed by atoms with E-state index in [-0.39, 0.29) is 6.10 Å². The van der Waals surface area contributed by atoms with Gasteiger partial charge in [0.2, 0.25) is 0 Å². The highest BCUT2D eigenvalue weighted by Gasteiger charge is 2.06. The van der Waals surface area contributed by atoms with Gasteiger partial charge in [-0.2, -0.15) is 0 Å². The minimum atomic E-state index is -0.194. The molecule has 0 amide bonds. The van der Waals surface area contributed by atoms with Crippen LogP contribution in [0, 0.1) is 0 Å².